The summed E-state index contributed by atoms with van der Waals surface area (Å²) in [6.07, 6.45) is 3.34. The second kappa shape index (κ2) is 8.53. The topological polar surface area (TPSA) is 82.6 Å². The Kier molecular flexibility index (Phi) is 5.68. The van der Waals surface area contributed by atoms with Crippen LogP contribution in [0.4, 0.5) is 5.13 Å². The Bertz CT molecular complexity index is 952. The fourth-order valence-electron chi connectivity index (χ4n) is 2.93. The summed E-state index contributed by atoms with van der Waals surface area (Å²) < 4.78 is 17.6. The lowest BCUT2D eigenvalue weighted by Crippen LogP contribution is -2.26. The number of carbonyl (C=O) groups excluding carboxylic acids is 1. The lowest BCUT2D eigenvalue weighted by molar-refractivity contribution is 0.0237. The van der Waals surface area contributed by atoms with Crippen molar-refractivity contribution < 1.29 is 19.0 Å². The molecule has 1 saturated heterocycles. The second-order valence-electron chi connectivity index (χ2n) is 6.35. The average Bonchev–Trinajstić information content (AvgIpc) is 3.11. The van der Waals surface area contributed by atoms with Gasteiger partial charge in [-0.3, -0.25) is 10.1 Å². The first kappa shape index (κ1) is 18.6. The van der Waals surface area contributed by atoms with Crippen LogP contribution in [0.2, 0.25) is 0 Å². The number of aromatic nitrogens is 2. The van der Waals surface area contributed by atoms with Gasteiger partial charge in [-0.05, 0) is 31.2 Å². The number of hydrogen-bond donors (Lipinski definition) is 1. The van der Waals surface area contributed by atoms with Gasteiger partial charge in [0.25, 0.3) is 5.91 Å². The molecule has 0 radical (unpaired) electrons. The number of thiazole rings is 1. The molecule has 3 heterocycles. The van der Waals surface area contributed by atoms with Crippen LogP contribution in [-0.2, 0) is 4.74 Å². The number of anilines is 1. The minimum Gasteiger partial charge on any atom is -0.494 e. The third kappa shape index (κ3) is 4.40. The van der Waals surface area contributed by atoms with Gasteiger partial charge in [0.2, 0.25) is 5.88 Å². The fraction of sp³-hybridized carbons (Fsp3) is 0.350. The van der Waals surface area contributed by atoms with E-state index in [1.54, 1.807) is 12.1 Å². The van der Waals surface area contributed by atoms with Crippen molar-refractivity contribution in [3.8, 4) is 11.6 Å². The number of amides is 1. The Hall–Kier alpha value is -2.71. The molecule has 1 aliphatic heterocycles. The summed E-state index contributed by atoms with van der Waals surface area (Å²) in [4.78, 5) is 21.2. The van der Waals surface area contributed by atoms with Gasteiger partial charge >= 0.3 is 0 Å². The van der Waals surface area contributed by atoms with E-state index in [1.807, 2.05) is 25.1 Å². The summed E-state index contributed by atoms with van der Waals surface area (Å²) >= 11 is 1.41. The molecule has 4 rings (SSSR count). The van der Waals surface area contributed by atoms with Crippen LogP contribution in [0.25, 0.3) is 10.2 Å². The Balaban J connectivity index is 1.40. The number of carbonyl (C=O) groups is 1. The summed E-state index contributed by atoms with van der Waals surface area (Å²) in [6.45, 7) is 3.96. The zero-order valence-electron chi connectivity index (χ0n) is 15.5. The number of fused-ring (bicyclic) bond motifs is 1. The van der Waals surface area contributed by atoms with Crippen LogP contribution < -0.4 is 14.8 Å². The van der Waals surface area contributed by atoms with Gasteiger partial charge in [0.15, 0.2) is 5.13 Å². The van der Waals surface area contributed by atoms with E-state index >= 15 is 0 Å². The van der Waals surface area contributed by atoms with Crippen molar-refractivity contribution >= 4 is 32.6 Å². The van der Waals surface area contributed by atoms with Gasteiger partial charge in [-0.25, -0.2) is 9.97 Å². The second-order valence-corrected chi connectivity index (χ2v) is 7.38. The Morgan fingerprint density at radius 3 is 2.89 bits per heavy atom. The predicted octanol–water partition coefficient (Wildman–Crippen LogP) is 3.90. The molecular weight excluding hydrogens is 378 g/mol. The molecule has 0 aliphatic carbocycles. The Morgan fingerprint density at radius 1 is 1.29 bits per heavy atom. The fourth-order valence-corrected chi connectivity index (χ4v) is 3.82. The first-order valence-corrected chi connectivity index (χ1v) is 10.1. The molecule has 0 unspecified atom stereocenters. The molecule has 0 bridgehead atoms. The molecule has 1 aromatic carbocycles. The van der Waals surface area contributed by atoms with Crippen LogP contribution in [0.5, 0.6) is 11.6 Å². The number of nitrogens with zero attached hydrogens (tertiary/aromatic N) is 2. The van der Waals surface area contributed by atoms with Crippen LogP contribution in [0.3, 0.4) is 0 Å². The van der Waals surface area contributed by atoms with Crippen LogP contribution >= 0.6 is 11.3 Å². The first-order valence-electron chi connectivity index (χ1n) is 9.26. The van der Waals surface area contributed by atoms with Gasteiger partial charge in [-0.1, -0.05) is 11.3 Å². The SMILES string of the molecule is CCOc1ccc2nc(NC(=O)c3ccc(OC4CCOCC4)nc3)sc2c1. The summed E-state index contributed by atoms with van der Waals surface area (Å²) in [6, 6.07) is 9.11. The van der Waals surface area contributed by atoms with Crippen LogP contribution in [0.1, 0.15) is 30.1 Å². The maximum Gasteiger partial charge on any atom is 0.259 e. The highest BCUT2D eigenvalue weighted by Crippen LogP contribution is 2.29. The van der Waals surface area contributed by atoms with Crippen molar-refractivity contribution in [1.29, 1.82) is 0 Å². The smallest absolute Gasteiger partial charge is 0.259 e. The maximum atomic E-state index is 12.5. The minimum absolute atomic E-state index is 0.116. The maximum absolute atomic E-state index is 12.5. The van der Waals surface area contributed by atoms with Gasteiger partial charge in [0.05, 0.1) is 35.6 Å². The van der Waals surface area contributed by atoms with E-state index < -0.39 is 0 Å². The molecule has 1 amide bonds. The highest BCUT2D eigenvalue weighted by molar-refractivity contribution is 7.22. The summed E-state index contributed by atoms with van der Waals surface area (Å²) in [5.41, 5.74) is 1.27. The number of pyridine rings is 1. The van der Waals surface area contributed by atoms with Gasteiger partial charge in [-0.2, -0.15) is 0 Å². The van der Waals surface area contributed by atoms with Crippen LogP contribution in [-0.4, -0.2) is 41.8 Å². The first-order chi connectivity index (χ1) is 13.7. The van der Waals surface area contributed by atoms with E-state index in [-0.39, 0.29) is 12.0 Å². The molecule has 1 fully saturated rings. The number of benzene rings is 1. The quantitative estimate of drug-likeness (QED) is 0.677. The van der Waals surface area contributed by atoms with E-state index in [9.17, 15) is 4.79 Å². The molecule has 8 heteroatoms. The summed E-state index contributed by atoms with van der Waals surface area (Å²) in [7, 11) is 0. The molecule has 7 nitrogen and oxygen atoms in total. The van der Waals surface area contributed by atoms with Crippen molar-refractivity contribution in [2.75, 3.05) is 25.1 Å². The third-order valence-corrected chi connectivity index (χ3v) is 5.28. The number of nitrogens with one attached hydrogen (secondary N) is 1. The standard InChI is InChI=1S/C20H21N3O4S/c1-2-26-15-4-5-16-17(11-15)28-20(22-16)23-19(24)13-3-6-18(21-12-13)27-14-7-9-25-10-8-14/h3-6,11-12,14H,2,7-10H2,1H3,(H,22,23,24). The van der Waals surface area contributed by atoms with E-state index in [0.717, 1.165) is 28.8 Å². The van der Waals surface area contributed by atoms with E-state index in [0.29, 0.717) is 36.4 Å². The highest BCUT2D eigenvalue weighted by Gasteiger charge is 2.16. The van der Waals surface area contributed by atoms with Crippen molar-refractivity contribution in [2.45, 2.75) is 25.9 Å². The normalized spacial score (nSPS) is 14.8. The van der Waals surface area contributed by atoms with Crippen molar-refractivity contribution in [1.82, 2.24) is 9.97 Å². The van der Waals surface area contributed by atoms with Crippen molar-refractivity contribution in [3.63, 3.8) is 0 Å². The monoisotopic (exact) mass is 399 g/mol. The Labute approximate surface area is 166 Å². The third-order valence-electron chi connectivity index (χ3n) is 4.35. The predicted molar refractivity (Wildman–Crippen MR) is 107 cm³/mol. The van der Waals surface area contributed by atoms with Crippen molar-refractivity contribution in [2.24, 2.45) is 0 Å². The molecule has 0 saturated carbocycles. The zero-order valence-corrected chi connectivity index (χ0v) is 16.3. The summed E-state index contributed by atoms with van der Waals surface area (Å²) in [5.74, 6) is 1.06. The molecule has 0 atom stereocenters. The number of rotatable bonds is 6. The van der Waals surface area contributed by atoms with Crippen LogP contribution in [0, 0.1) is 0 Å². The molecule has 28 heavy (non-hydrogen) atoms. The minimum atomic E-state index is -0.255. The van der Waals surface area contributed by atoms with Gasteiger partial charge < -0.3 is 14.2 Å². The average molecular weight is 399 g/mol. The van der Waals surface area contributed by atoms with E-state index in [2.05, 4.69) is 15.3 Å². The van der Waals surface area contributed by atoms with Gasteiger partial charge in [0, 0.05) is 25.1 Å². The number of ether oxygens (including phenoxy) is 3. The molecule has 2 aromatic heterocycles. The highest BCUT2D eigenvalue weighted by atomic mass is 32.1. The lowest BCUT2D eigenvalue weighted by Gasteiger charge is -2.22. The number of hydrogen-bond acceptors (Lipinski definition) is 7. The van der Waals surface area contributed by atoms with E-state index in [1.165, 1.54) is 17.5 Å². The molecular formula is C20H21N3O4S. The van der Waals surface area contributed by atoms with Gasteiger partial charge in [-0.15, -0.1) is 0 Å². The molecule has 1 aliphatic rings. The molecule has 3 aromatic rings. The van der Waals surface area contributed by atoms with Crippen molar-refractivity contribution in [3.05, 3.63) is 42.1 Å². The van der Waals surface area contributed by atoms with Crippen LogP contribution in [0.15, 0.2) is 36.5 Å². The lowest BCUT2D eigenvalue weighted by atomic mass is 10.1. The Morgan fingerprint density at radius 2 is 2.14 bits per heavy atom. The zero-order chi connectivity index (χ0) is 19.3. The van der Waals surface area contributed by atoms with Gasteiger partial charge in [0.1, 0.15) is 11.9 Å². The molecule has 1 N–H and O–H groups in total. The molecule has 146 valence electrons. The van der Waals surface area contributed by atoms with E-state index in [4.69, 9.17) is 14.2 Å². The largest absolute Gasteiger partial charge is 0.494 e. The molecule has 0 spiro atoms. The summed E-state index contributed by atoms with van der Waals surface area (Å²) in [5, 5.41) is 3.37.